The van der Waals surface area contributed by atoms with Crippen LogP contribution in [0.1, 0.15) is 32.6 Å². The van der Waals surface area contributed by atoms with E-state index in [1.807, 2.05) is 0 Å². The molecule has 0 aromatic rings. The molecule has 2 fully saturated rings. The van der Waals surface area contributed by atoms with E-state index in [9.17, 15) is 0 Å². The lowest BCUT2D eigenvalue weighted by atomic mass is 9.81. The van der Waals surface area contributed by atoms with Gasteiger partial charge in [-0.2, -0.15) is 0 Å². The molecule has 0 bridgehead atoms. The van der Waals surface area contributed by atoms with E-state index >= 15 is 0 Å². The highest BCUT2D eigenvalue weighted by molar-refractivity contribution is 4.92. The van der Waals surface area contributed by atoms with Gasteiger partial charge in [-0.1, -0.05) is 0 Å². The molecule has 2 unspecified atom stereocenters. The normalized spacial score (nSPS) is 28.8. The molecule has 4 heteroatoms. The first-order valence-electron chi connectivity index (χ1n) is 8.16. The average molecular weight is 284 g/mol. The fraction of sp³-hybridized carbons (Fsp3) is 1.00. The first-order valence-corrected chi connectivity index (χ1v) is 8.16. The van der Waals surface area contributed by atoms with Crippen LogP contribution in [0.5, 0.6) is 0 Å². The molecule has 1 saturated heterocycles. The van der Waals surface area contributed by atoms with E-state index in [1.54, 1.807) is 7.11 Å². The van der Waals surface area contributed by atoms with E-state index in [1.165, 1.54) is 25.7 Å². The second kappa shape index (κ2) is 7.74. The first-order chi connectivity index (χ1) is 9.71. The summed E-state index contributed by atoms with van der Waals surface area (Å²) in [4.78, 5) is 2.65. The van der Waals surface area contributed by atoms with Crippen LogP contribution in [0.4, 0.5) is 0 Å². The number of hydrogen-bond donors (Lipinski definition) is 1. The van der Waals surface area contributed by atoms with Gasteiger partial charge in [-0.3, -0.25) is 4.90 Å². The summed E-state index contributed by atoms with van der Waals surface area (Å²) in [6.07, 6.45) is 5.27. The summed E-state index contributed by atoms with van der Waals surface area (Å²) in [7, 11) is 3.85. The fourth-order valence-electron chi connectivity index (χ4n) is 3.55. The van der Waals surface area contributed by atoms with Gasteiger partial charge in [0.05, 0.1) is 13.2 Å². The quantitative estimate of drug-likeness (QED) is 0.699. The third-order valence-electron chi connectivity index (χ3n) is 4.96. The Hall–Kier alpha value is -0.160. The molecule has 20 heavy (non-hydrogen) atoms. The van der Waals surface area contributed by atoms with E-state index in [4.69, 9.17) is 9.47 Å². The van der Waals surface area contributed by atoms with Crippen molar-refractivity contribution in [2.24, 2.45) is 11.3 Å². The SMILES string of the molecule is CNCC1(CN(CCOC)C(C)C2CC2)CCCOC1. The molecule has 118 valence electrons. The molecule has 0 aromatic heterocycles. The molecule has 0 radical (unpaired) electrons. The highest BCUT2D eigenvalue weighted by Crippen LogP contribution is 2.37. The molecule has 1 heterocycles. The van der Waals surface area contributed by atoms with Crippen LogP contribution in [0.2, 0.25) is 0 Å². The van der Waals surface area contributed by atoms with Crippen LogP contribution in [0.15, 0.2) is 0 Å². The smallest absolute Gasteiger partial charge is 0.0589 e. The summed E-state index contributed by atoms with van der Waals surface area (Å²) in [6, 6.07) is 0.681. The van der Waals surface area contributed by atoms with E-state index < -0.39 is 0 Å². The lowest BCUT2D eigenvalue weighted by Gasteiger charge is -2.43. The van der Waals surface area contributed by atoms with Gasteiger partial charge in [0.2, 0.25) is 0 Å². The third-order valence-corrected chi connectivity index (χ3v) is 4.96. The van der Waals surface area contributed by atoms with Crippen molar-refractivity contribution in [3.8, 4) is 0 Å². The van der Waals surface area contributed by atoms with Gasteiger partial charge in [-0.05, 0) is 45.6 Å². The van der Waals surface area contributed by atoms with Crippen molar-refractivity contribution < 1.29 is 9.47 Å². The number of ether oxygens (including phenoxy) is 2. The molecule has 1 N–H and O–H groups in total. The molecule has 0 amide bonds. The maximum absolute atomic E-state index is 5.80. The molecule has 0 spiro atoms. The zero-order valence-corrected chi connectivity index (χ0v) is 13.5. The summed E-state index contributed by atoms with van der Waals surface area (Å²) in [5, 5.41) is 3.39. The molecular formula is C16H32N2O2. The second-order valence-corrected chi connectivity index (χ2v) is 6.73. The Morgan fingerprint density at radius 2 is 2.25 bits per heavy atom. The Labute approximate surface area is 124 Å². The fourth-order valence-corrected chi connectivity index (χ4v) is 3.55. The van der Waals surface area contributed by atoms with Crippen molar-refractivity contribution in [2.45, 2.75) is 38.6 Å². The van der Waals surface area contributed by atoms with E-state index in [2.05, 4.69) is 24.2 Å². The molecule has 1 saturated carbocycles. The molecule has 1 aliphatic heterocycles. The predicted molar refractivity (Wildman–Crippen MR) is 82.0 cm³/mol. The zero-order chi connectivity index (χ0) is 14.4. The van der Waals surface area contributed by atoms with Crippen molar-refractivity contribution in [2.75, 3.05) is 53.6 Å². The van der Waals surface area contributed by atoms with Crippen LogP contribution < -0.4 is 5.32 Å². The van der Waals surface area contributed by atoms with Crippen LogP contribution in [-0.4, -0.2) is 64.6 Å². The number of nitrogens with one attached hydrogen (secondary N) is 1. The third kappa shape index (κ3) is 4.42. The highest BCUT2D eigenvalue weighted by atomic mass is 16.5. The van der Waals surface area contributed by atoms with E-state index in [0.29, 0.717) is 6.04 Å². The van der Waals surface area contributed by atoms with Gasteiger partial charge >= 0.3 is 0 Å². The zero-order valence-electron chi connectivity index (χ0n) is 13.5. The molecule has 4 nitrogen and oxygen atoms in total. The van der Waals surface area contributed by atoms with Gasteiger partial charge in [0.1, 0.15) is 0 Å². The molecular weight excluding hydrogens is 252 g/mol. The van der Waals surface area contributed by atoms with Crippen LogP contribution in [0.3, 0.4) is 0 Å². The largest absolute Gasteiger partial charge is 0.383 e. The van der Waals surface area contributed by atoms with E-state index in [0.717, 1.165) is 45.4 Å². The van der Waals surface area contributed by atoms with Crippen molar-refractivity contribution in [3.63, 3.8) is 0 Å². The topological polar surface area (TPSA) is 33.7 Å². The van der Waals surface area contributed by atoms with Gasteiger partial charge in [-0.25, -0.2) is 0 Å². The van der Waals surface area contributed by atoms with Gasteiger partial charge in [0, 0.05) is 44.8 Å². The Bertz CT molecular complexity index is 270. The molecule has 2 atom stereocenters. The van der Waals surface area contributed by atoms with Gasteiger partial charge in [0.25, 0.3) is 0 Å². The number of rotatable bonds is 9. The Balaban J connectivity index is 1.98. The summed E-state index contributed by atoms with van der Waals surface area (Å²) in [5.74, 6) is 0.906. The van der Waals surface area contributed by atoms with Crippen molar-refractivity contribution in [1.82, 2.24) is 10.2 Å². The Morgan fingerprint density at radius 3 is 2.80 bits per heavy atom. The molecule has 1 aliphatic carbocycles. The Morgan fingerprint density at radius 1 is 1.45 bits per heavy atom. The summed E-state index contributed by atoms with van der Waals surface area (Å²) in [6.45, 7) is 8.27. The average Bonchev–Trinajstić information content (AvgIpc) is 3.28. The van der Waals surface area contributed by atoms with Crippen LogP contribution >= 0.6 is 0 Å². The minimum absolute atomic E-state index is 0.282. The lowest BCUT2D eigenvalue weighted by Crippen LogP contribution is -2.51. The second-order valence-electron chi connectivity index (χ2n) is 6.73. The standard InChI is InChI=1S/C16H32N2O2/c1-14(15-5-6-15)18(8-10-19-3)12-16(11-17-2)7-4-9-20-13-16/h14-15,17H,4-13H2,1-3H3. The summed E-state index contributed by atoms with van der Waals surface area (Å²) < 4.78 is 11.1. The highest BCUT2D eigenvalue weighted by Gasteiger charge is 2.38. The number of methoxy groups -OCH3 is 1. The predicted octanol–water partition coefficient (Wildman–Crippen LogP) is 1.75. The van der Waals surface area contributed by atoms with Crippen molar-refractivity contribution in [1.29, 1.82) is 0 Å². The number of nitrogens with zero attached hydrogens (tertiary/aromatic N) is 1. The number of hydrogen-bond acceptors (Lipinski definition) is 4. The first kappa shape index (κ1) is 16.2. The summed E-state index contributed by atoms with van der Waals surface area (Å²) >= 11 is 0. The maximum Gasteiger partial charge on any atom is 0.0589 e. The van der Waals surface area contributed by atoms with Crippen LogP contribution in [0, 0.1) is 11.3 Å². The van der Waals surface area contributed by atoms with Gasteiger partial charge in [0.15, 0.2) is 0 Å². The van der Waals surface area contributed by atoms with Crippen LogP contribution in [0.25, 0.3) is 0 Å². The maximum atomic E-state index is 5.80. The minimum atomic E-state index is 0.282. The molecule has 0 aromatic carbocycles. The lowest BCUT2D eigenvalue weighted by molar-refractivity contribution is -0.0360. The minimum Gasteiger partial charge on any atom is -0.383 e. The van der Waals surface area contributed by atoms with Gasteiger partial charge < -0.3 is 14.8 Å². The monoisotopic (exact) mass is 284 g/mol. The van der Waals surface area contributed by atoms with E-state index in [-0.39, 0.29) is 5.41 Å². The summed E-state index contributed by atoms with van der Waals surface area (Å²) in [5.41, 5.74) is 0.282. The van der Waals surface area contributed by atoms with Crippen LogP contribution in [-0.2, 0) is 9.47 Å². The Kier molecular flexibility index (Phi) is 6.27. The molecule has 2 aliphatic rings. The van der Waals surface area contributed by atoms with Gasteiger partial charge in [-0.15, -0.1) is 0 Å². The van der Waals surface area contributed by atoms with Crippen molar-refractivity contribution >= 4 is 0 Å². The van der Waals surface area contributed by atoms with Crippen molar-refractivity contribution in [3.05, 3.63) is 0 Å². The molecule has 2 rings (SSSR count).